The molecule has 1 saturated heterocycles. The van der Waals surface area contributed by atoms with Gasteiger partial charge in [0, 0.05) is 19.2 Å². The van der Waals surface area contributed by atoms with Crippen molar-refractivity contribution < 1.29 is 19.2 Å². The number of oxime groups is 1. The molecule has 4 N–H and O–H groups in total. The first kappa shape index (κ1) is 14.9. The Labute approximate surface area is 120 Å². The zero-order valence-electron chi connectivity index (χ0n) is 11.3. The molecular formula is C13H15FN4O3. The zero-order valence-corrected chi connectivity index (χ0v) is 11.3. The second-order valence-electron chi connectivity index (χ2n) is 4.76. The monoisotopic (exact) mass is 294 g/mol. The summed E-state index contributed by atoms with van der Waals surface area (Å²) in [6.45, 7) is 0.182. The van der Waals surface area contributed by atoms with E-state index in [2.05, 4.69) is 10.5 Å². The van der Waals surface area contributed by atoms with Crippen molar-refractivity contribution in [1.82, 2.24) is 10.2 Å². The standard InChI is InChI=1S/C13H15FN4O3/c1-18-11(19)5-10(13(18)20)16-6-7-2-8(12(15)17-21)4-9(14)3-7/h2-4,10,16,21H,5-6H2,1H3,(H2,15,17). The van der Waals surface area contributed by atoms with Gasteiger partial charge in [0.2, 0.25) is 11.8 Å². The van der Waals surface area contributed by atoms with Gasteiger partial charge in [0.15, 0.2) is 5.84 Å². The lowest BCUT2D eigenvalue weighted by Crippen LogP contribution is -2.36. The van der Waals surface area contributed by atoms with Gasteiger partial charge in [-0.25, -0.2) is 4.39 Å². The molecule has 0 bridgehead atoms. The maximum atomic E-state index is 13.5. The average Bonchev–Trinajstić information content (AvgIpc) is 2.71. The number of amidine groups is 1. The number of hydrogen-bond acceptors (Lipinski definition) is 5. The Morgan fingerprint density at radius 2 is 2.24 bits per heavy atom. The van der Waals surface area contributed by atoms with Crippen LogP contribution in [0.15, 0.2) is 23.4 Å². The highest BCUT2D eigenvalue weighted by Crippen LogP contribution is 2.13. The number of amides is 2. The molecule has 0 spiro atoms. The number of benzene rings is 1. The fraction of sp³-hybridized carbons (Fsp3) is 0.308. The second kappa shape index (κ2) is 5.88. The fourth-order valence-electron chi connectivity index (χ4n) is 2.11. The largest absolute Gasteiger partial charge is 0.409 e. The Hall–Kier alpha value is -2.48. The van der Waals surface area contributed by atoms with Crippen LogP contribution in [0.2, 0.25) is 0 Å². The van der Waals surface area contributed by atoms with Gasteiger partial charge >= 0.3 is 0 Å². The van der Waals surface area contributed by atoms with E-state index in [1.54, 1.807) is 0 Å². The van der Waals surface area contributed by atoms with Crippen molar-refractivity contribution in [3.05, 3.63) is 35.1 Å². The van der Waals surface area contributed by atoms with Gasteiger partial charge in [-0.2, -0.15) is 0 Å². The minimum atomic E-state index is -0.613. The smallest absolute Gasteiger partial charge is 0.246 e. The Morgan fingerprint density at radius 1 is 1.52 bits per heavy atom. The lowest BCUT2D eigenvalue weighted by Gasteiger charge is -2.11. The van der Waals surface area contributed by atoms with E-state index in [0.717, 1.165) is 11.0 Å². The van der Waals surface area contributed by atoms with Crippen LogP contribution in [-0.4, -0.2) is 40.8 Å². The molecule has 7 nitrogen and oxygen atoms in total. The summed E-state index contributed by atoms with van der Waals surface area (Å²) in [5.41, 5.74) is 6.17. The number of imide groups is 1. The molecule has 8 heteroatoms. The first-order valence-corrected chi connectivity index (χ1v) is 6.23. The third-order valence-electron chi connectivity index (χ3n) is 3.30. The highest BCUT2D eigenvalue weighted by molar-refractivity contribution is 6.05. The quantitative estimate of drug-likeness (QED) is 0.234. The normalized spacial score (nSPS) is 19.4. The summed E-state index contributed by atoms with van der Waals surface area (Å²) < 4.78 is 13.5. The van der Waals surface area contributed by atoms with E-state index in [1.807, 2.05) is 0 Å². The number of likely N-dealkylation sites (tertiary alicyclic amines) is 1. The molecule has 1 aromatic rings. The van der Waals surface area contributed by atoms with Gasteiger partial charge < -0.3 is 16.3 Å². The molecular weight excluding hydrogens is 279 g/mol. The van der Waals surface area contributed by atoms with E-state index in [-0.39, 0.29) is 36.2 Å². The van der Waals surface area contributed by atoms with Crippen LogP contribution in [0.3, 0.4) is 0 Å². The Balaban J connectivity index is 2.09. The third kappa shape index (κ3) is 3.16. The molecule has 1 fully saturated rings. The van der Waals surface area contributed by atoms with Crippen LogP contribution in [0.5, 0.6) is 0 Å². The van der Waals surface area contributed by atoms with E-state index in [9.17, 15) is 14.0 Å². The first-order chi connectivity index (χ1) is 9.92. The van der Waals surface area contributed by atoms with Crippen molar-refractivity contribution in [3.8, 4) is 0 Å². The van der Waals surface area contributed by atoms with Crippen LogP contribution in [-0.2, 0) is 16.1 Å². The Morgan fingerprint density at radius 3 is 2.81 bits per heavy atom. The fourth-order valence-corrected chi connectivity index (χ4v) is 2.11. The van der Waals surface area contributed by atoms with E-state index < -0.39 is 11.9 Å². The van der Waals surface area contributed by atoms with Gasteiger partial charge in [0.25, 0.3) is 0 Å². The predicted octanol–water partition coefficient (Wildman–Crippen LogP) is -0.233. The van der Waals surface area contributed by atoms with Gasteiger partial charge in [-0.15, -0.1) is 0 Å². The van der Waals surface area contributed by atoms with Crippen molar-refractivity contribution in [2.45, 2.75) is 19.0 Å². The second-order valence-corrected chi connectivity index (χ2v) is 4.76. The molecule has 0 radical (unpaired) electrons. The predicted molar refractivity (Wildman–Crippen MR) is 71.9 cm³/mol. The number of nitrogens with two attached hydrogens (primary N) is 1. The van der Waals surface area contributed by atoms with Crippen LogP contribution in [0.1, 0.15) is 17.5 Å². The van der Waals surface area contributed by atoms with Crippen LogP contribution in [0, 0.1) is 5.82 Å². The molecule has 2 amide bonds. The molecule has 21 heavy (non-hydrogen) atoms. The van der Waals surface area contributed by atoms with Gasteiger partial charge in [-0.1, -0.05) is 5.16 Å². The molecule has 1 atom stereocenters. The number of rotatable bonds is 4. The Bertz CT molecular complexity index is 617. The van der Waals surface area contributed by atoms with Crippen LogP contribution in [0.25, 0.3) is 0 Å². The van der Waals surface area contributed by atoms with Crippen molar-refractivity contribution in [1.29, 1.82) is 0 Å². The van der Waals surface area contributed by atoms with Crippen molar-refractivity contribution >= 4 is 17.6 Å². The molecule has 1 heterocycles. The number of halogens is 1. The number of carbonyl (C=O) groups excluding carboxylic acids is 2. The van der Waals surface area contributed by atoms with Gasteiger partial charge in [-0.3, -0.25) is 14.5 Å². The van der Waals surface area contributed by atoms with Crippen molar-refractivity contribution in [2.75, 3.05) is 7.05 Å². The number of nitrogens with one attached hydrogen (secondary N) is 1. The molecule has 0 saturated carbocycles. The molecule has 1 aliphatic heterocycles. The zero-order chi connectivity index (χ0) is 15.6. The van der Waals surface area contributed by atoms with Crippen molar-refractivity contribution in [3.63, 3.8) is 0 Å². The van der Waals surface area contributed by atoms with E-state index >= 15 is 0 Å². The Kier molecular flexibility index (Phi) is 4.18. The molecule has 2 rings (SSSR count). The SMILES string of the molecule is CN1C(=O)CC(NCc2cc(F)cc(/C(N)=N/O)c2)C1=O. The van der Waals surface area contributed by atoms with Gasteiger partial charge in [0.05, 0.1) is 12.5 Å². The third-order valence-corrected chi connectivity index (χ3v) is 3.30. The lowest BCUT2D eigenvalue weighted by molar-refractivity contribution is -0.137. The highest BCUT2D eigenvalue weighted by atomic mass is 19.1. The lowest BCUT2D eigenvalue weighted by atomic mass is 10.1. The summed E-state index contributed by atoms with van der Waals surface area (Å²) in [4.78, 5) is 24.2. The summed E-state index contributed by atoms with van der Waals surface area (Å²) in [6, 6.07) is 3.33. The molecule has 1 aliphatic rings. The maximum absolute atomic E-state index is 13.5. The van der Waals surface area contributed by atoms with Gasteiger partial charge in [-0.05, 0) is 23.8 Å². The molecule has 0 aliphatic carbocycles. The first-order valence-electron chi connectivity index (χ1n) is 6.23. The minimum absolute atomic E-state index is 0.0811. The summed E-state index contributed by atoms with van der Waals surface area (Å²) in [7, 11) is 1.42. The van der Waals surface area contributed by atoms with Crippen LogP contribution >= 0.6 is 0 Å². The summed E-state index contributed by atoms with van der Waals surface area (Å²) in [6.07, 6.45) is 0.0811. The van der Waals surface area contributed by atoms with E-state index in [1.165, 1.54) is 19.2 Å². The molecule has 1 unspecified atom stereocenters. The maximum Gasteiger partial charge on any atom is 0.246 e. The number of nitrogens with zero attached hydrogens (tertiary/aromatic N) is 2. The minimum Gasteiger partial charge on any atom is -0.409 e. The average molecular weight is 294 g/mol. The summed E-state index contributed by atoms with van der Waals surface area (Å²) >= 11 is 0. The highest BCUT2D eigenvalue weighted by Gasteiger charge is 2.35. The van der Waals surface area contributed by atoms with E-state index in [4.69, 9.17) is 10.9 Å². The number of hydrogen-bond donors (Lipinski definition) is 3. The number of carbonyl (C=O) groups is 2. The van der Waals surface area contributed by atoms with Crippen molar-refractivity contribution in [2.24, 2.45) is 10.9 Å². The molecule has 0 aromatic heterocycles. The summed E-state index contributed by atoms with van der Waals surface area (Å²) in [5.74, 6) is -1.31. The summed E-state index contributed by atoms with van der Waals surface area (Å²) in [5, 5.41) is 14.3. The van der Waals surface area contributed by atoms with Crippen LogP contribution < -0.4 is 11.1 Å². The topological polar surface area (TPSA) is 108 Å². The molecule has 112 valence electrons. The van der Waals surface area contributed by atoms with Crippen LogP contribution in [0.4, 0.5) is 4.39 Å². The molecule has 1 aromatic carbocycles. The van der Waals surface area contributed by atoms with E-state index in [0.29, 0.717) is 5.56 Å². The van der Waals surface area contributed by atoms with Gasteiger partial charge in [0.1, 0.15) is 5.82 Å². The number of likely N-dealkylation sites (N-methyl/N-ethyl adjacent to an activating group) is 1.